The number of rotatable bonds is 4. The first-order chi connectivity index (χ1) is 24.8. The molecule has 1 aliphatic heterocycles. The lowest BCUT2D eigenvalue weighted by Gasteiger charge is -2.39. The van der Waals surface area contributed by atoms with Crippen molar-refractivity contribution in [3.63, 3.8) is 0 Å². The van der Waals surface area contributed by atoms with Crippen molar-refractivity contribution in [1.29, 1.82) is 0 Å². The highest BCUT2D eigenvalue weighted by molar-refractivity contribution is 7.26. The van der Waals surface area contributed by atoms with Crippen molar-refractivity contribution in [2.45, 2.75) is 5.41 Å². The molecular formula is C47H29NOS. The molecule has 0 spiro atoms. The van der Waals surface area contributed by atoms with Crippen molar-refractivity contribution >= 4 is 59.3 Å². The van der Waals surface area contributed by atoms with Gasteiger partial charge in [0.05, 0.1) is 21.5 Å². The second-order valence-corrected chi connectivity index (χ2v) is 14.3. The predicted molar refractivity (Wildman–Crippen MR) is 209 cm³/mol. The van der Waals surface area contributed by atoms with Gasteiger partial charge in [-0.25, -0.2) is 0 Å². The number of nitrogens with zero attached hydrogens (tertiary/aromatic N) is 1. The molecule has 2 nitrogen and oxygen atoms in total. The third kappa shape index (κ3) is 3.67. The average molecular weight is 656 g/mol. The van der Waals surface area contributed by atoms with Crippen LogP contribution < -0.4 is 9.64 Å². The van der Waals surface area contributed by atoms with Crippen molar-refractivity contribution in [2.75, 3.05) is 4.90 Å². The maximum absolute atomic E-state index is 6.99. The molecule has 11 rings (SSSR count). The summed E-state index contributed by atoms with van der Waals surface area (Å²) >= 11 is 1.87. The first-order valence-electron chi connectivity index (χ1n) is 17.1. The van der Waals surface area contributed by atoms with Crippen LogP contribution in [0.4, 0.5) is 17.1 Å². The molecule has 50 heavy (non-hydrogen) atoms. The number of para-hydroxylation sites is 2. The van der Waals surface area contributed by atoms with Crippen molar-refractivity contribution in [3.05, 3.63) is 198 Å². The molecule has 8 aromatic carbocycles. The van der Waals surface area contributed by atoms with E-state index in [1.807, 2.05) is 11.3 Å². The number of hydrogen-bond acceptors (Lipinski definition) is 3. The highest BCUT2D eigenvalue weighted by atomic mass is 32.1. The lowest BCUT2D eigenvalue weighted by molar-refractivity contribution is 0.438. The molecule has 1 aliphatic carbocycles. The molecule has 0 radical (unpaired) electrons. The minimum atomic E-state index is -0.491. The molecule has 1 atom stereocenters. The molecular weight excluding hydrogens is 627 g/mol. The van der Waals surface area contributed by atoms with Crippen LogP contribution in [-0.2, 0) is 5.41 Å². The van der Waals surface area contributed by atoms with Gasteiger partial charge in [0.2, 0.25) is 0 Å². The first-order valence-corrected chi connectivity index (χ1v) is 17.9. The summed E-state index contributed by atoms with van der Waals surface area (Å²) in [5.74, 6) is 1.79. The average Bonchev–Trinajstić information content (AvgIpc) is 3.72. The quantitative estimate of drug-likeness (QED) is 0.187. The summed E-state index contributed by atoms with van der Waals surface area (Å²) in [5, 5.41) is 5.10. The smallest absolute Gasteiger partial charge is 0.134 e. The summed E-state index contributed by atoms with van der Waals surface area (Å²) in [6.45, 7) is 0. The predicted octanol–water partition coefficient (Wildman–Crippen LogP) is 13.1. The summed E-state index contributed by atoms with van der Waals surface area (Å²) in [6, 6.07) is 63.9. The molecule has 0 bridgehead atoms. The fourth-order valence-corrected chi connectivity index (χ4v) is 9.95. The minimum Gasteiger partial charge on any atom is -0.457 e. The number of anilines is 3. The molecule has 0 saturated carbocycles. The highest BCUT2D eigenvalue weighted by Crippen LogP contribution is 2.64. The number of ether oxygens (including phenoxy) is 1. The SMILES string of the molecule is c1ccc(N(c2cc3c4c(c2)-c2ccccc2C4(c2ccccc2)c2ccccc2O3)c2cc3ccccc3c3c2sc2ccccc23)cc1. The van der Waals surface area contributed by atoms with Crippen LogP contribution in [0.2, 0.25) is 0 Å². The Kier molecular flexibility index (Phi) is 5.78. The van der Waals surface area contributed by atoms with Crippen molar-refractivity contribution in [2.24, 2.45) is 0 Å². The third-order valence-corrected chi connectivity index (χ3v) is 11.9. The molecule has 9 aromatic rings. The van der Waals surface area contributed by atoms with Crippen LogP contribution in [0.25, 0.3) is 42.1 Å². The maximum Gasteiger partial charge on any atom is 0.134 e. The zero-order valence-electron chi connectivity index (χ0n) is 27.0. The number of benzene rings is 8. The lowest BCUT2D eigenvalue weighted by atomic mass is 9.66. The zero-order valence-corrected chi connectivity index (χ0v) is 27.8. The Balaban J connectivity index is 1.26. The van der Waals surface area contributed by atoms with E-state index in [0.29, 0.717) is 0 Å². The van der Waals surface area contributed by atoms with Gasteiger partial charge in [-0.1, -0.05) is 133 Å². The Bertz CT molecular complexity index is 2800. The Morgan fingerprint density at radius 2 is 1.18 bits per heavy atom. The largest absolute Gasteiger partial charge is 0.457 e. The van der Waals surface area contributed by atoms with Gasteiger partial charge in [0.15, 0.2) is 0 Å². The van der Waals surface area contributed by atoms with Gasteiger partial charge < -0.3 is 9.64 Å². The number of hydrogen-bond donors (Lipinski definition) is 0. The normalized spacial score (nSPS) is 15.4. The summed E-state index contributed by atoms with van der Waals surface area (Å²) < 4.78 is 9.55. The van der Waals surface area contributed by atoms with Gasteiger partial charge in [-0.2, -0.15) is 0 Å². The van der Waals surface area contributed by atoms with Crippen LogP contribution in [0.5, 0.6) is 11.5 Å². The van der Waals surface area contributed by atoms with E-state index in [1.165, 1.54) is 64.3 Å². The third-order valence-electron chi connectivity index (χ3n) is 10.7. The van der Waals surface area contributed by atoms with Crippen LogP contribution in [0.3, 0.4) is 0 Å². The van der Waals surface area contributed by atoms with E-state index in [9.17, 15) is 0 Å². The van der Waals surface area contributed by atoms with Gasteiger partial charge >= 0.3 is 0 Å². The summed E-state index contributed by atoms with van der Waals surface area (Å²) in [5.41, 5.74) is 10.2. The van der Waals surface area contributed by atoms with E-state index in [0.717, 1.165) is 28.6 Å². The van der Waals surface area contributed by atoms with Gasteiger partial charge in [0.1, 0.15) is 11.5 Å². The molecule has 0 amide bonds. The van der Waals surface area contributed by atoms with Crippen LogP contribution in [0.1, 0.15) is 22.3 Å². The molecule has 2 aliphatic rings. The topological polar surface area (TPSA) is 12.5 Å². The van der Waals surface area contributed by atoms with E-state index in [4.69, 9.17) is 4.74 Å². The fraction of sp³-hybridized carbons (Fsp3) is 0.0213. The van der Waals surface area contributed by atoms with E-state index >= 15 is 0 Å². The summed E-state index contributed by atoms with van der Waals surface area (Å²) in [4.78, 5) is 2.44. The molecule has 3 heteroatoms. The summed E-state index contributed by atoms with van der Waals surface area (Å²) in [6.07, 6.45) is 0. The lowest BCUT2D eigenvalue weighted by Crippen LogP contribution is -2.32. The Labute approximate surface area is 294 Å². The standard InChI is InChI=1S/C47H29NOS/c1-3-16-31(17-4-1)47-38-23-11-9-21-35(38)37-28-33(29-42(45(37)47)49-41-25-13-12-24-39(41)47)48(32-18-5-2-6-19-32)40-27-30-15-7-8-20-34(30)44-36-22-10-14-26-43(36)50-46(40)44/h1-29H. The molecule has 0 saturated heterocycles. The molecule has 2 heterocycles. The molecule has 0 N–H and O–H groups in total. The van der Waals surface area contributed by atoms with Crippen molar-refractivity contribution in [3.8, 4) is 22.6 Å². The second kappa shape index (κ2) is 10.4. The van der Waals surface area contributed by atoms with Gasteiger partial charge in [-0.15, -0.1) is 11.3 Å². The Hall–Kier alpha value is -6.16. The van der Waals surface area contributed by atoms with Gasteiger partial charge in [0, 0.05) is 38.4 Å². The van der Waals surface area contributed by atoms with Gasteiger partial charge in [-0.05, 0) is 69.4 Å². The zero-order chi connectivity index (χ0) is 32.8. The van der Waals surface area contributed by atoms with Crippen LogP contribution >= 0.6 is 11.3 Å². The van der Waals surface area contributed by atoms with Gasteiger partial charge in [-0.3, -0.25) is 0 Å². The van der Waals surface area contributed by atoms with Gasteiger partial charge in [0.25, 0.3) is 0 Å². The Morgan fingerprint density at radius 3 is 2.04 bits per heavy atom. The van der Waals surface area contributed by atoms with E-state index in [2.05, 4.69) is 181 Å². The number of thiophene rings is 1. The second-order valence-electron chi connectivity index (χ2n) is 13.2. The molecule has 1 unspecified atom stereocenters. The first kappa shape index (κ1) is 27.8. The van der Waals surface area contributed by atoms with Crippen LogP contribution in [-0.4, -0.2) is 0 Å². The van der Waals surface area contributed by atoms with E-state index < -0.39 is 5.41 Å². The van der Waals surface area contributed by atoms with Crippen molar-refractivity contribution in [1.82, 2.24) is 0 Å². The van der Waals surface area contributed by atoms with E-state index in [1.54, 1.807) is 0 Å². The summed E-state index contributed by atoms with van der Waals surface area (Å²) in [7, 11) is 0. The monoisotopic (exact) mass is 655 g/mol. The van der Waals surface area contributed by atoms with Crippen molar-refractivity contribution < 1.29 is 4.74 Å². The van der Waals surface area contributed by atoms with Crippen LogP contribution in [0, 0.1) is 0 Å². The fourth-order valence-electron chi connectivity index (χ4n) is 8.72. The highest BCUT2D eigenvalue weighted by Gasteiger charge is 2.52. The maximum atomic E-state index is 6.99. The molecule has 234 valence electrons. The Morgan fingerprint density at radius 1 is 0.500 bits per heavy atom. The molecule has 1 aromatic heterocycles. The minimum absolute atomic E-state index is 0.491. The van der Waals surface area contributed by atoms with Crippen LogP contribution in [0.15, 0.2) is 176 Å². The molecule has 0 fully saturated rings. The van der Waals surface area contributed by atoms with E-state index in [-0.39, 0.29) is 0 Å². The number of fused-ring (bicyclic) bond motifs is 10.